The van der Waals surface area contributed by atoms with Crippen LogP contribution in [0.4, 0.5) is 0 Å². The van der Waals surface area contributed by atoms with Gasteiger partial charge in [0.1, 0.15) is 0 Å². The van der Waals surface area contributed by atoms with Gasteiger partial charge in [-0.1, -0.05) is 158 Å². The second kappa shape index (κ2) is 9.22. The van der Waals surface area contributed by atoms with Crippen molar-refractivity contribution in [3.63, 3.8) is 0 Å². The molecule has 186 valence electrons. The highest BCUT2D eigenvalue weighted by molar-refractivity contribution is 6.16. The zero-order valence-corrected chi connectivity index (χ0v) is 22.0. The zero-order valence-electron chi connectivity index (χ0n) is 22.0. The van der Waals surface area contributed by atoms with E-state index in [1.54, 1.807) is 0 Å². The van der Waals surface area contributed by atoms with Crippen molar-refractivity contribution >= 4 is 43.1 Å². The Morgan fingerprint density at radius 2 is 0.675 bits per heavy atom. The van der Waals surface area contributed by atoms with Gasteiger partial charge in [0, 0.05) is 0 Å². The smallest absolute Gasteiger partial charge is 0.00204 e. The Kier molecular flexibility index (Phi) is 5.24. The van der Waals surface area contributed by atoms with Crippen LogP contribution in [0, 0.1) is 0 Å². The maximum absolute atomic E-state index is 2.32. The largest absolute Gasteiger partial charge is 0.0616 e. The Bertz CT molecular complexity index is 2210. The van der Waals surface area contributed by atoms with Crippen LogP contribution in [0.25, 0.3) is 76.5 Å². The predicted molar refractivity (Wildman–Crippen MR) is 173 cm³/mol. The molecule has 0 saturated heterocycles. The molecule has 0 spiro atoms. The molecule has 0 bridgehead atoms. The van der Waals surface area contributed by atoms with Gasteiger partial charge in [-0.25, -0.2) is 0 Å². The maximum Gasteiger partial charge on any atom is -0.00204 e. The van der Waals surface area contributed by atoms with Crippen molar-refractivity contribution in [1.82, 2.24) is 0 Å². The molecule has 0 aliphatic heterocycles. The number of fused-ring (bicyclic) bond motifs is 5. The molecular formula is C40H26. The SMILES string of the molecule is c1ccc(-c2c(-c3cccc4c3ccc3ccccc34)ccc3ccccc23)c(-c2cccc3ccccc23)c1. The molecule has 0 fully saturated rings. The van der Waals surface area contributed by atoms with E-state index in [1.165, 1.54) is 76.5 Å². The first-order valence-corrected chi connectivity index (χ1v) is 13.9. The predicted octanol–water partition coefficient (Wildman–Crippen LogP) is 11.3. The molecule has 8 aromatic rings. The number of hydrogen-bond donors (Lipinski definition) is 0. The highest BCUT2D eigenvalue weighted by atomic mass is 14.2. The summed E-state index contributed by atoms with van der Waals surface area (Å²) in [4.78, 5) is 0. The van der Waals surface area contributed by atoms with E-state index in [1.807, 2.05) is 0 Å². The van der Waals surface area contributed by atoms with Crippen molar-refractivity contribution in [3.8, 4) is 33.4 Å². The maximum atomic E-state index is 2.32. The summed E-state index contributed by atoms with van der Waals surface area (Å²) in [5.74, 6) is 0. The van der Waals surface area contributed by atoms with Gasteiger partial charge in [0.05, 0.1) is 0 Å². The molecule has 0 N–H and O–H groups in total. The second-order valence-electron chi connectivity index (χ2n) is 10.5. The van der Waals surface area contributed by atoms with Gasteiger partial charge < -0.3 is 0 Å². The number of hydrogen-bond acceptors (Lipinski definition) is 0. The van der Waals surface area contributed by atoms with Gasteiger partial charge in [-0.3, -0.25) is 0 Å². The van der Waals surface area contributed by atoms with E-state index in [4.69, 9.17) is 0 Å². The average Bonchev–Trinajstić information content (AvgIpc) is 3.03. The normalized spacial score (nSPS) is 11.5. The molecule has 0 aliphatic rings. The molecule has 0 aromatic heterocycles. The molecule has 0 nitrogen and oxygen atoms in total. The molecule has 8 aromatic carbocycles. The highest BCUT2D eigenvalue weighted by Gasteiger charge is 2.18. The summed E-state index contributed by atoms with van der Waals surface area (Å²) in [5.41, 5.74) is 7.56. The third-order valence-corrected chi connectivity index (χ3v) is 8.28. The van der Waals surface area contributed by atoms with Crippen LogP contribution >= 0.6 is 0 Å². The molecule has 0 radical (unpaired) electrons. The monoisotopic (exact) mass is 506 g/mol. The van der Waals surface area contributed by atoms with Crippen molar-refractivity contribution in [2.75, 3.05) is 0 Å². The van der Waals surface area contributed by atoms with Crippen molar-refractivity contribution in [2.45, 2.75) is 0 Å². The van der Waals surface area contributed by atoms with Crippen LogP contribution in [-0.4, -0.2) is 0 Å². The summed E-state index contributed by atoms with van der Waals surface area (Å²) in [6.45, 7) is 0. The van der Waals surface area contributed by atoms with Crippen LogP contribution in [0.3, 0.4) is 0 Å². The zero-order chi connectivity index (χ0) is 26.5. The minimum Gasteiger partial charge on any atom is -0.0616 e. The van der Waals surface area contributed by atoms with E-state index in [2.05, 4.69) is 158 Å². The van der Waals surface area contributed by atoms with Crippen LogP contribution in [-0.2, 0) is 0 Å². The summed E-state index contributed by atoms with van der Waals surface area (Å²) >= 11 is 0. The summed E-state index contributed by atoms with van der Waals surface area (Å²) in [5, 5.41) is 10.2. The molecule has 0 heteroatoms. The van der Waals surface area contributed by atoms with E-state index in [0.717, 1.165) is 0 Å². The topological polar surface area (TPSA) is 0 Å². The molecule has 0 saturated carbocycles. The van der Waals surface area contributed by atoms with E-state index in [-0.39, 0.29) is 0 Å². The van der Waals surface area contributed by atoms with Gasteiger partial charge in [0.15, 0.2) is 0 Å². The quantitative estimate of drug-likeness (QED) is 0.209. The van der Waals surface area contributed by atoms with Gasteiger partial charge in [-0.05, 0) is 76.5 Å². The van der Waals surface area contributed by atoms with Crippen LogP contribution in [0.1, 0.15) is 0 Å². The van der Waals surface area contributed by atoms with E-state index < -0.39 is 0 Å². The molecule has 40 heavy (non-hydrogen) atoms. The minimum atomic E-state index is 1.25. The first-order valence-electron chi connectivity index (χ1n) is 13.9. The number of rotatable bonds is 3. The Morgan fingerprint density at radius 3 is 1.48 bits per heavy atom. The Hall–Kier alpha value is -5.20. The Morgan fingerprint density at radius 1 is 0.200 bits per heavy atom. The van der Waals surface area contributed by atoms with Gasteiger partial charge in [0.2, 0.25) is 0 Å². The lowest BCUT2D eigenvalue weighted by Crippen LogP contribution is -1.93. The summed E-state index contributed by atoms with van der Waals surface area (Å²) < 4.78 is 0. The van der Waals surface area contributed by atoms with Crippen LogP contribution in [0.15, 0.2) is 158 Å². The van der Waals surface area contributed by atoms with Crippen molar-refractivity contribution in [3.05, 3.63) is 158 Å². The third kappa shape index (κ3) is 3.54. The standard InChI is InChI=1S/C40H26/c1-4-15-30-27(11-1)14-9-20-33(30)35-18-7-8-19-38(35)40-32-17-6-3-13-29(32)24-26-39(40)36-22-10-21-34-31-16-5-2-12-28(31)23-25-37(34)36/h1-26H. The van der Waals surface area contributed by atoms with Gasteiger partial charge in [-0.2, -0.15) is 0 Å². The lowest BCUT2D eigenvalue weighted by atomic mass is 9.84. The fourth-order valence-corrected chi connectivity index (χ4v) is 6.46. The third-order valence-electron chi connectivity index (χ3n) is 8.28. The van der Waals surface area contributed by atoms with E-state index in [0.29, 0.717) is 0 Å². The highest BCUT2D eigenvalue weighted by Crippen LogP contribution is 2.45. The summed E-state index contributed by atoms with van der Waals surface area (Å²) in [6, 6.07) is 57.6. The first-order chi connectivity index (χ1) is 19.9. The summed E-state index contributed by atoms with van der Waals surface area (Å²) in [6.07, 6.45) is 0. The minimum absolute atomic E-state index is 1.25. The van der Waals surface area contributed by atoms with Gasteiger partial charge >= 0.3 is 0 Å². The number of benzene rings is 8. The van der Waals surface area contributed by atoms with Crippen LogP contribution < -0.4 is 0 Å². The second-order valence-corrected chi connectivity index (χ2v) is 10.5. The van der Waals surface area contributed by atoms with Gasteiger partial charge in [-0.15, -0.1) is 0 Å². The van der Waals surface area contributed by atoms with Crippen molar-refractivity contribution in [2.24, 2.45) is 0 Å². The van der Waals surface area contributed by atoms with E-state index >= 15 is 0 Å². The molecule has 0 aliphatic carbocycles. The average molecular weight is 507 g/mol. The fraction of sp³-hybridized carbons (Fsp3) is 0. The molecule has 0 atom stereocenters. The fourth-order valence-electron chi connectivity index (χ4n) is 6.46. The molecule has 0 amide bonds. The van der Waals surface area contributed by atoms with Crippen molar-refractivity contribution < 1.29 is 0 Å². The van der Waals surface area contributed by atoms with Crippen LogP contribution in [0.5, 0.6) is 0 Å². The Labute approximate surface area is 233 Å². The van der Waals surface area contributed by atoms with Crippen molar-refractivity contribution in [1.29, 1.82) is 0 Å². The molecule has 8 rings (SSSR count). The lowest BCUT2D eigenvalue weighted by Gasteiger charge is -2.19. The molecule has 0 heterocycles. The first kappa shape index (κ1) is 22.8. The van der Waals surface area contributed by atoms with E-state index in [9.17, 15) is 0 Å². The Balaban J connectivity index is 1.48. The molecule has 0 unspecified atom stereocenters. The van der Waals surface area contributed by atoms with Crippen LogP contribution in [0.2, 0.25) is 0 Å². The molecular weight excluding hydrogens is 480 g/mol. The lowest BCUT2D eigenvalue weighted by molar-refractivity contribution is 1.61. The van der Waals surface area contributed by atoms with Gasteiger partial charge in [0.25, 0.3) is 0 Å². The summed E-state index contributed by atoms with van der Waals surface area (Å²) in [7, 11) is 0.